The molecule has 124 valence electrons. The third kappa shape index (κ3) is 2.26. The van der Waals surface area contributed by atoms with E-state index < -0.39 is 0 Å². The molecule has 24 heavy (non-hydrogen) atoms. The molecule has 2 aromatic heterocycles. The van der Waals surface area contributed by atoms with E-state index in [1.54, 1.807) is 10.9 Å². The molecule has 4 bridgehead atoms. The summed E-state index contributed by atoms with van der Waals surface area (Å²) < 4.78 is 1.70. The number of aromatic nitrogens is 3. The largest absolute Gasteiger partial charge is 0.309 e. The summed E-state index contributed by atoms with van der Waals surface area (Å²) in [5.41, 5.74) is -0.135. The van der Waals surface area contributed by atoms with Crippen LogP contribution in [0.3, 0.4) is 0 Å². The molecule has 1 N–H and O–H groups in total. The van der Waals surface area contributed by atoms with Gasteiger partial charge in [-0.2, -0.15) is 0 Å². The van der Waals surface area contributed by atoms with Gasteiger partial charge in [0.15, 0.2) is 11.6 Å². The number of hydrogen-bond donors (Lipinski definition) is 1. The molecular formula is C19H22N4O. The fraction of sp³-hybridized carbons (Fsp3) is 0.526. The zero-order valence-electron chi connectivity index (χ0n) is 13.7. The van der Waals surface area contributed by atoms with Crippen molar-refractivity contribution in [3.63, 3.8) is 0 Å². The Labute approximate surface area is 141 Å². The molecule has 0 saturated heterocycles. The normalized spacial score (nSPS) is 33.6. The van der Waals surface area contributed by atoms with E-state index in [9.17, 15) is 4.79 Å². The van der Waals surface area contributed by atoms with Gasteiger partial charge in [-0.1, -0.05) is 6.07 Å². The monoisotopic (exact) mass is 322 g/mol. The Kier molecular flexibility index (Phi) is 3.05. The van der Waals surface area contributed by atoms with E-state index in [4.69, 9.17) is 0 Å². The van der Waals surface area contributed by atoms with Crippen LogP contribution in [0.15, 0.2) is 36.7 Å². The molecule has 2 heterocycles. The van der Waals surface area contributed by atoms with Crippen molar-refractivity contribution in [2.45, 2.75) is 38.5 Å². The first kappa shape index (κ1) is 14.2. The number of amides is 1. The Hall–Kier alpha value is -2.17. The third-order valence-electron chi connectivity index (χ3n) is 6.23. The van der Waals surface area contributed by atoms with Gasteiger partial charge in [-0.25, -0.2) is 9.67 Å². The maximum absolute atomic E-state index is 13.0. The predicted molar refractivity (Wildman–Crippen MR) is 90.6 cm³/mol. The smallest absolute Gasteiger partial charge is 0.231 e. The number of anilines is 1. The van der Waals surface area contributed by atoms with Crippen LogP contribution in [-0.2, 0) is 4.79 Å². The lowest BCUT2D eigenvalue weighted by Gasteiger charge is -2.55. The lowest BCUT2D eigenvalue weighted by molar-refractivity contribution is -0.140. The minimum Gasteiger partial charge on any atom is -0.309 e. The summed E-state index contributed by atoms with van der Waals surface area (Å²) in [6.45, 7) is 0. The molecule has 0 atom stereocenters. The first-order chi connectivity index (χ1) is 11.7. The van der Waals surface area contributed by atoms with Gasteiger partial charge in [-0.05, 0) is 68.4 Å². The van der Waals surface area contributed by atoms with E-state index in [0.29, 0.717) is 5.82 Å². The van der Waals surface area contributed by atoms with Crippen molar-refractivity contribution in [3.05, 3.63) is 36.7 Å². The van der Waals surface area contributed by atoms with Crippen molar-refractivity contribution < 1.29 is 4.79 Å². The Morgan fingerprint density at radius 3 is 2.42 bits per heavy atom. The number of carbonyl (C=O) groups excluding carboxylic acids is 1. The third-order valence-corrected chi connectivity index (χ3v) is 6.23. The van der Waals surface area contributed by atoms with Crippen molar-refractivity contribution >= 4 is 11.7 Å². The second-order valence-electron chi connectivity index (χ2n) is 7.99. The fourth-order valence-electron chi connectivity index (χ4n) is 5.65. The summed E-state index contributed by atoms with van der Waals surface area (Å²) in [5.74, 6) is 3.89. The van der Waals surface area contributed by atoms with Crippen molar-refractivity contribution in [2.75, 3.05) is 5.32 Å². The first-order valence-electron chi connectivity index (χ1n) is 8.99. The highest BCUT2D eigenvalue weighted by molar-refractivity contribution is 5.94. The Balaban J connectivity index is 1.35. The standard InChI is InChI=1S/C19H22N4O/c24-18(19-10-13-7-14(11-19)9-15(8-13)12-19)21-16-4-6-23(22-16)17-3-1-2-5-20-17/h1-6,13-15H,7-12H2,(H,21,22,24). The van der Waals surface area contributed by atoms with Gasteiger partial charge in [0.1, 0.15) is 0 Å². The van der Waals surface area contributed by atoms with Gasteiger partial charge < -0.3 is 5.32 Å². The summed E-state index contributed by atoms with van der Waals surface area (Å²) in [7, 11) is 0. The molecule has 0 unspecified atom stereocenters. The molecular weight excluding hydrogens is 300 g/mol. The molecule has 0 spiro atoms. The van der Waals surface area contributed by atoms with Crippen molar-refractivity contribution in [1.29, 1.82) is 0 Å². The Morgan fingerprint density at radius 1 is 1.08 bits per heavy atom. The van der Waals surface area contributed by atoms with Crippen LogP contribution in [0.1, 0.15) is 38.5 Å². The first-order valence-corrected chi connectivity index (χ1v) is 8.99. The number of pyridine rings is 1. The number of nitrogens with zero attached hydrogens (tertiary/aromatic N) is 3. The maximum atomic E-state index is 13.0. The molecule has 2 aromatic rings. The van der Waals surface area contributed by atoms with E-state index in [1.807, 2.05) is 30.5 Å². The van der Waals surface area contributed by atoms with Gasteiger partial charge in [-0.15, -0.1) is 5.10 Å². The molecule has 5 heteroatoms. The van der Waals surface area contributed by atoms with Gasteiger partial charge in [0, 0.05) is 18.5 Å². The van der Waals surface area contributed by atoms with E-state index in [2.05, 4.69) is 15.4 Å². The van der Waals surface area contributed by atoms with E-state index >= 15 is 0 Å². The van der Waals surface area contributed by atoms with Crippen LogP contribution in [0.25, 0.3) is 5.82 Å². The molecule has 0 aliphatic heterocycles. The summed E-state index contributed by atoms with van der Waals surface area (Å²) in [5, 5.41) is 7.56. The summed E-state index contributed by atoms with van der Waals surface area (Å²) in [4.78, 5) is 17.3. The van der Waals surface area contributed by atoms with Crippen LogP contribution < -0.4 is 5.32 Å². The van der Waals surface area contributed by atoms with Crippen molar-refractivity contribution in [3.8, 4) is 5.82 Å². The van der Waals surface area contributed by atoms with Gasteiger partial charge in [0.05, 0.1) is 5.41 Å². The highest BCUT2D eigenvalue weighted by atomic mass is 16.2. The fourth-order valence-corrected chi connectivity index (χ4v) is 5.65. The number of rotatable bonds is 3. The van der Waals surface area contributed by atoms with Crippen LogP contribution in [0.5, 0.6) is 0 Å². The van der Waals surface area contributed by atoms with Gasteiger partial charge in [0.2, 0.25) is 5.91 Å². The minimum absolute atomic E-state index is 0.135. The summed E-state index contributed by atoms with van der Waals surface area (Å²) >= 11 is 0. The minimum atomic E-state index is -0.135. The molecule has 4 fully saturated rings. The summed E-state index contributed by atoms with van der Waals surface area (Å²) in [6.07, 6.45) is 10.9. The quantitative estimate of drug-likeness (QED) is 0.942. The highest BCUT2D eigenvalue weighted by Crippen LogP contribution is 2.60. The van der Waals surface area contributed by atoms with Crippen LogP contribution >= 0.6 is 0 Å². The second kappa shape index (κ2) is 5.16. The zero-order valence-corrected chi connectivity index (χ0v) is 13.7. The molecule has 4 aliphatic carbocycles. The van der Waals surface area contributed by atoms with Crippen molar-refractivity contribution in [2.24, 2.45) is 23.2 Å². The number of carbonyl (C=O) groups is 1. The molecule has 0 radical (unpaired) electrons. The molecule has 6 rings (SSSR count). The SMILES string of the molecule is O=C(Nc1ccn(-c2ccccn2)n1)C12CC3CC(CC(C3)C1)C2. The van der Waals surface area contributed by atoms with Gasteiger partial charge in [-0.3, -0.25) is 4.79 Å². The lowest BCUT2D eigenvalue weighted by Crippen LogP contribution is -2.51. The van der Waals surface area contributed by atoms with Gasteiger partial charge >= 0.3 is 0 Å². The van der Waals surface area contributed by atoms with Crippen LogP contribution in [0.2, 0.25) is 0 Å². The average molecular weight is 322 g/mol. The van der Waals surface area contributed by atoms with E-state index in [-0.39, 0.29) is 11.3 Å². The maximum Gasteiger partial charge on any atom is 0.231 e. The van der Waals surface area contributed by atoms with E-state index in [0.717, 1.165) is 42.8 Å². The second-order valence-corrected chi connectivity index (χ2v) is 7.99. The molecule has 1 amide bonds. The average Bonchev–Trinajstić information content (AvgIpc) is 3.03. The number of nitrogens with one attached hydrogen (secondary N) is 1. The van der Waals surface area contributed by atoms with Crippen LogP contribution in [-0.4, -0.2) is 20.7 Å². The summed E-state index contributed by atoms with van der Waals surface area (Å²) in [6, 6.07) is 7.56. The van der Waals surface area contributed by atoms with Gasteiger partial charge in [0.25, 0.3) is 0 Å². The van der Waals surface area contributed by atoms with Crippen LogP contribution in [0, 0.1) is 23.2 Å². The molecule has 4 saturated carbocycles. The van der Waals surface area contributed by atoms with Crippen molar-refractivity contribution in [1.82, 2.24) is 14.8 Å². The number of hydrogen-bond acceptors (Lipinski definition) is 3. The Morgan fingerprint density at radius 2 is 1.79 bits per heavy atom. The molecule has 4 aliphatic rings. The predicted octanol–water partition coefficient (Wildman–Crippen LogP) is 3.42. The van der Waals surface area contributed by atoms with Crippen LogP contribution in [0.4, 0.5) is 5.82 Å². The lowest BCUT2D eigenvalue weighted by atomic mass is 9.49. The zero-order chi connectivity index (χ0) is 16.1. The van der Waals surface area contributed by atoms with E-state index in [1.165, 1.54) is 19.3 Å². The topological polar surface area (TPSA) is 59.8 Å². The molecule has 5 nitrogen and oxygen atoms in total. The Bertz CT molecular complexity index is 731. The highest BCUT2D eigenvalue weighted by Gasteiger charge is 2.54. The molecule has 0 aromatic carbocycles.